The van der Waals surface area contributed by atoms with Crippen LogP contribution in [0.3, 0.4) is 0 Å². The Bertz CT molecular complexity index is 863. The summed E-state index contributed by atoms with van der Waals surface area (Å²) < 4.78 is 51.9. The number of piperazine rings is 1. The smallest absolute Gasteiger partial charge is 0.354 e. The highest BCUT2D eigenvalue weighted by Gasteiger charge is 2.31. The number of aromatic nitrogens is 1. The minimum Gasteiger partial charge on any atom is -0.354 e. The van der Waals surface area contributed by atoms with Crippen LogP contribution < -0.4 is 4.90 Å². The van der Waals surface area contributed by atoms with E-state index in [4.69, 9.17) is 11.6 Å². The summed E-state index contributed by atoms with van der Waals surface area (Å²) in [6, 6.07) is 6.76. The normalized spacial score (nSPS) is 15.3. The van der Waals surface area contributed by atoms with Crippen LogP contribution >= 0.6 is 11.6 Å². The van der Waals surface area contributed by atoms with E-state index in [0.29, 0.717) is 32.0 Å². The van der Waals surface area contributed by atoms with Crippen LogP contribution in [0.25, 0.3) is 0 Å². The zero-order valence-electron chi connectivity index (χ0n) is 16.3. The molecule has 0 saturated carbocycles. The molecule has 0 unspecified atom stereocenters. The third-order valence-electron chi connectivity index (χ3n) is 5.01. The highest BCUT2D eigenvalue weighted by atomic mass is 35.5. The van der Waals surface area contributed by atoms with Crippen molar-refractivity contribution in [3.63, 3.8) is 0 Å². The average molecular weight is 445 g/mol. The van der Waals surface area contributed by atoms with Gasteiger partial charge >= 0.3 is 6.18 Å². The topological polar surface area (TPSA) is 39.7 Å². The van der Waals surface area contributed by atoms with Crippen molar-refractivity contribution in [3.8, 4) is 0 Å². The Morgan fingerprint density at radius 1 is 1.17 bits per heavy atom. The van der Waals surface area contributed by atoms with E-state index in [1.165, 1.54) is 23.1 Å². The van der Waals surface area contributed by atoms with E-state index in [1.807, 2.05) is 9.80 Å². The molecule has 0 bridgehead atoms. The van der Waals surface area contributed by atoms with Gasteiger partial charge in [0.2, 0.25) is 5.91 Å². The number of pyridine rings is 1. The van der Waals surface area contributed by atoms with Crippen LogP contribution in [-0.4, -0.2) is 60.5 Å². The standard InChI is InChI=1S/C20H21ClF4N4O/c1-27(12-15-16(21)3-2-4-17(15)22)19(30)13-28-7-9-29(10-8-28)18-6-5-14(11-26-18)20(23,24)25/h2-6,11H,7-10,12-13H2,1H3. The highest BCUT2D eigenvalue weighted by molar-refractivity contribution is 6.31. The fraction of sp³-hybridized carbons (Fsp3) is 0.400. The Labute approximate surface area is 176 Å². The fourth-order valence-electron chi connectivity index (χ4n) is 3.20. The van der Waals surface area contributed by atoms with Crippen LogP contribution in [0.1, 0.15) is 11.1 Å². The van der Waals surface area contributed by atoms with Crippen LogP contribution in [0.5, 0.6) is 0 Å². The lowest BCUT2D eigenvalue weighted by atomic mass is 10.2. The van der Waals surface area contributed by atoms with Crippen molar-refractivity contribution in [2.45, 2.75) is 12.7 Å². The maximum absolute atomic E-state index is 13.9. The minimum absolute atomic E-state index is 0.0692. The minimum atomic E-state index is -4.41. The number of rotatable bonds is 5. The molecule has 3 rings (SSSR count). The second kappa shape index (κ2) is 9.18. The molecule has 0 spiro atoms. The van der Waals surface area contributed by atoms with Crippen molar-refractivity contribution >= 4 is 23.3 Å². The average Bonchev–Trinajstić information content (AvgIpc) is 2.70. The van der Waals surface area contributed by atoms with E-state index in [2.05, 4.69) is 4.98 Å². The van der Waals surface area contributed by atoms with Gasteiger partial charge in [0.25, 0.3) is 0 Å². The molecule has 1 aromatic carbocycles. The van der Waals surface area contributed by atoms with Crippen molar-refractivity contribution in [3.05, 3.63) is 58.5 Å². The molecule has 1 fully saturated rings. The molecule has 0 atom stereocenters. The lowest BCUT2D eigenvalue weighted by molar-refractivity contribution is -0.137. The van der Waals surface area contributed by atoms with E-state index in [1.54, 1.807) is 13.1 Å². The SMILES string of the molecule is CN(Cc1c(F)cccc1Cl)C(=O)CN1CCN(c2ccc(C(F)(F)F)cn2)CC1. The van der Waals surface area contributed by atoms with Gasteiger partial charge in [-0.3, -0.25) is 9.69 Å². The van der Waals surface area contributed by atoms with Gasteiger partial charge in [0, 0.05) is 56.6 Å². The van der Waals surface area contributed by atoms with Crippen molar-refractivity contribution in [1.29, 1.82) is 0 Å². The number of benzene rings is 1. The zero-order valence-corrected chi connectivity index (χ0v) is 17.0. The molecule has 1 aromatic heterocycles. The Kier molecular flexibility index (Phi) is 6.82. The van der Waals surface area contributed by atoms with Crippen molar-refractivity contribution < 1.29 is 22.4 Å². The first kappa shape index (κ1) is 22.3. The van der Waals surface area contributed by atoms with Crippen molar-refractivity contribution in [2.24, 2.45) is 0 Å². The van der Waals surface area contributed by atoms with Crippen molar-refractivity contribution in [1.82, 2.24) is 14.8 Å². The molecular formula is C20H21ClF4N4O. The van der Waals surface area contributed by atoms with Gasteiger partial charge in [-0.2, -0.15) is 13.2 Å². The first-order valence-corrected chi connectivity index (χ1v) is 9.70. The summed E-state index contributed by atoms with van der Waals surface area (Å²) in [6.45, 7) is 2.42. The summed E-state index contributed by atoms with van der Waals surface area (Å²) in [5.74, 6) is -0.157. The van der Waals surface area contributed by atoms with Crippen LogP contribution in [0.15, 0.2) is 36.5 Å². The van der Waals surface area contributed by atoms with Gasteiger partial charge in [-0.25, -0.2) is 9.37 Å². The molecule has 0 N–H and O–H groups in total. The summed E-state index contributed by atoms with van der Waals surface area (Å²) >= 11 is 6.02. The van der Waals surface area contributed by atoms with Gasteiger partial charge < -0.3 is 9.80 Å². The third kappa shape index (κ3) is 5.40. The second-order valence-electron chi connectivity index (χ2n) is 7.12. The zero-order chi connectivity index (χ0) is 21.9. The highest BCUT2D eigenvalue weighted by Crippen LogP contribution is 2.29. The lowest BCUT2D eigenvalue weighted by Crippen LogP contribution is -2.49. The number of carbonyl (C=O) groups excluding carboxylic acids is 1. The van der Waals surface area contributed by atoms with E-state index in [0.717, 1.165) is 12.3 Å². The molecule has 1 aliphatic heterocycles. The van der Waals surface area contributed by atoms with Gasteiger partial charge in [-0.15, -0.1) is 0 Å². The van der Waals surface area contributed by atoms with E-state index < -0.39 is 17.6 Å². The molecular weight excluding hydrogens is 424 g/mol. The Morgan fingerprint density at radius 2 is 1.87 bits per heavy atom. The van der Waals surface area contributed by atoms with Crippen LogP contribution in [-0.2, 0) is 17.5 Å². The summed E-state index contributed by atoms with van der Waals surface area (Å²) in [5, 5.41) is 0.271. The predicted octanol–water partition coefficient (Wildman–Crippen LogP) is 3.67. The summed E-state index contributed by atoms with van der Waals surface area (Å²) in [6.07, 6.45) is -3.59. The molecule has 0 radical (unpaired) electrons. The fourth-order valence-corrected chi connectivity index (χ4v) is 3.42. The molecule has 1 amide bonds. The number of anilines is 1. The number of alkyl halides is 3. The lowest BCUT2D eigenvalue weighted by Gasteiger charge is -2.35. The van der Waals surface area contributed by atoms with E-state index >= 15 is 0 Å². The Balaban J connectivity index is 1.51. The number of nitrogens with zero attached hydrogens (tertiary/aromatic N) is 4. The van der Waals surface area contributed by atoms with Gasteiger partial charge in [0.1, 0.15) is 11.6 Å². The Morgan fingerprint density at radius 3 is 2.43 bits per heavy atom. The van der Waals surface area contributed by atoms with Gasteiger partial charge in [-0.05, 0) is 24.3 Å². The molecule has 1 aliphatic rings. The summed E-state index contributed by atoms with van der Waals surface area (Å²) in [5.41, 5.74) is -0.512. The second-order valence-corrected chi connectivity index (χ2v) is 7.52. The van der Waals surface area contributed by atoms with Gasteiger partial charge in [0.15, 0.2) is 0 Å². The van der Waals surface area contributed by atoms with Crippen LogP contribution in [0.4, 0.5) is 23.4 Å². The molecule has 5 nitrogen and oxygen atoms in total. The molecule has 0 aliphatic carbocycles. The van der Waals surface area contributed by atoms with Crippen LogP contribution in [0.2, 0.25) is 5.02 Å². The molecule has 162 valence electrons. The largest absolute Gasteiger partial charge is 0.417 e. The quantitative estimate of drug-likeness (QED) is 0.660. The number of likely N-dealkylation sites (N-methyl/N-ethyl adjacent to an activating group) is 1. The number of halogens is 5. The number of carbonyl (C=O) groups is 1. The number of hydrogen-bond acceptors (Lipinski definition) is 4. The number of hydrogen-bond donors (Lipinski definition) is 0. The molecule has 10 heteroatoms. The number of amides is 1. The molecule has 30 heavy (non-hydrogen) atoms. The van der Waals surface area contributed by atoms with E-state index in [-0.39, 0.29) is 29.6 Å². The summed E-state index contributed by atoms with van der Waals surface area (Å²) in [7, 11) is 1.59. The molecule has 2 heterocycles. The first-order chi connectivity index (χ1) is 14.1. The van der Waals surface area contributed by atoms with Crippen molar-refractivity contribution in [2.75, 3.05) is 44.7 Å². The first-order valence-electron chi connectivity index (χ1n) is 9.32. The predicted molar refractivity (Wildman–Crippen MR) is 106 cm³/mol. The van der Waals surface area contributed by atoms with E-state index in [9.17, 15) is 22.4 Å². The maximum atomic E-state index is 13.9. The van der Waals surface area contributed by atoms with Gasteiger partial charge in [0.05, 0.1) is 12.1 Å². The monoisotopic (exact) mass is 444 g/mol. The molecule has 1 saturated heterocycles. The third-order valence-corrected chi connectivity index (χ3v) is 5.37. The molecule has 2 aromatic rings. The Hall–Kier alpha value is -2.39. The summed E-state index contributed by atoms with van der Waals surface area (Å²) in [4.78, 5) is 21.7. The van der Waals surface area contributed by atoms with Gasteiger partial charge in [-0.1, -0.05) is 17.7 Å². The van der Waals surface area contributed by atoms with Crippen LogP contribution in [0, 0.1) is 5.82 Å². The maximum Gasteiger partial charge on any atom is 0.417 e.